The number of nitrogens with zero attached hydrogens (tertiary/aromatic N) is 1. The van der Waals surface area contributed by atoms with E-state index >= 15 is 0 Å². The highest BCUT2D eigenvalue weighted by molar-refractivity contribution is 6.35. The van der Waals surface area contributed by atoms with Crippen LogP contribution in [0, 0.1) is 0 Å². The average Bonchev–Trinajstić information content (AvgIpc) is 3.08. The molecule has 1 saturated carbocycles. The van der Waals surface area contributed by atoms with Crippen molar-refractivity contribution in [2.75, 3.05) is 20.3 Å². The van der Waals surface area contributed by atoms with Gasteiger partial charge in [0.1, 0.15) is 5.75 Å². The number of esters is 1. The summed E-state index contributed by atoms with van der Waals surface area (Å²) in [5.74, 6) is -0.0713. The van der Waals surface area contributed by atoms with Crippen molar-refractivity contribution in [3.63, 3.8) is 0 Å². The Morgan fingerprint density at radius 1 is 1.25 bits per heavy atom. The zero-order valence-corrected chi connectivity index (χ0v) is 15.1. The Kier molecular flexibility index (Phi) is 7.18. The molecule has 1 amide bonds. The van der Waals surface area contributed by atoms with Crippen molar-refractivity contribution < 1.29 is 19.1 Å². The van der Waals surface area contributed by atoms with Gasteiger partial charge in [-0.15, -0.1) is 0 Å². The number of methoxy groups -OCH3 is 1. The second-order valence-corrected chi connectivity index (χ2v) is 6.56. The van der Waals surface area contributed by atoms with Gasteiger partial charge in [-0.2, -0.15) is 0 Å². The van der Waals surface area contributed by atoms with E-state index < -0.39 is 0 Å². The summed E-state index contributed by atoms with van der Waals surface area (Å²) < 4.78 is 10.2. The summed E-state index contributed by atoms with van der Waals surface area (Å²) in [4.78, 5) is 25.7. The fraction of sp³-hybridized carbons (Fsp3) is 0.529. The maximum atomic E-state index is 12.6. The van der Waals surface area contributed by atoms with E-state index in [4.69, 9.17) is 27.9 Å². The number of benzene rings is 1. The minimum atomic E-state index is -0.326. The van der Waals surface area contributed by atoms with Crippen LogP contribution in [0.1, 0.15) is 32.1 Å². The van der Waals surface area contributed by atoms with Gasteiger partial charge in [0.05, 0.1) is 18.6 Å². The summed E-state index contributed by atoms with van der Waals surface area (Å²) in [6.07, 6.45) is 4.27. The number of hydrogen-bond donors (Lipinski definition) is 0. The predicted molar refractivity (Wildman–Crippen MR) is 92.6 cm³/mol. The van der Waals surface area contributed by atoms with Gasteiger partial charge in [0, 0.05) is 17.6 Å². The van der Waals surface area contributed by atoms with E-state index in [0.29, 0.717) is 22.3 Å². The standard InChI is InChI=1S/C17H21Cl2NO4/c1-23-17(22)8-9-20(13-4-2-3-5-13)16(21)11-24-15-7-6-12(18)10-14(15)19/h6-7,10,13H,2-5,8-9,11H2,1H3. The van der Waals surface area contributed by atoms with Gasteiger partial charge in [-0.3, -0.25) is 9.59 Å². The van der Waals surface area contributed by atoms with E-state index in [2.05, 4.69) is 4.74 Å². The molecule has 0 N–H and O–H groups in total. The van der Waals surface area contributed by atoms with Crippen molar-refractivity contribution in [1.82, 2.24) is 4.90 Å². The number of carbonyl (C=O) groups excluding carboxylic acids is 2. The fourth-order valence-corrected chi connectivity index (χ4v) is 3.32. The molecule has 0 unspecified atom stereocenters. The van der Waals surface area contributed by atoms with E-state index in [1.165, 1.54) is 7.11 Å². The monoisotopic (exact) mass is 373 g/mol. The Morgan fingerprint density at radius 2 is 1.96 bits per heavy atom. The first-order chi connectivity index (χ1) is 11.5. The highest BCUT2D eigenvalue weighted by Gasteiger charge is 2.27. The first kappa shape index (κ1) is 18.9. The molecule has 1 aromatic carbocycles. The van der Waals surface area contributed by atoms with Gasteiger partial charge in [-0.25, -0.2) is 0 Å². The molecule has 0 heterocycles. The minimum Gasteiger partial charge on any atom is -0.482 e. The summed E-state index contributed by atoms with van der Waals surface area (Å²) in [7, 11) is 1.34. The first-order valence-electron chi connectivity index (χ1n) is 7.95. The molecular formula is C17H21Cl2NO4. The van der Waals surface area contributed by atoms with E-state index in [0.717, 1.165) is 25.7 Å². The van der Waals surface area contributed by atoms with E-state index in [1.807, 2.05) is 0 Å². The molecule has 1 aliphatic carbocycles. The Bertz CT molecular complexity index is 588. The Morgan fingerprint density at radius 3 is 2.58 bits per heavy atom. The van der Waals surface area contributed by atoms with Crippen molar-refractivity contribution in [1.29, 1.82) is 0 Å². The van der Waals surface area contributed by atoms with Gasteiger partial charge in [0.15, 0.2) is 6.61 Å². The highest BCUT2D eigenvalue weighted by Crippen LogP contribution is 2.28. The number of rotatable bonds is 7. The summed E-state index contributed by atoms with van der Waals surface area (Å²) in [6, 6.07) is 5.01. The third-order valence-electron chi connectivity index (χ3n) is 4.12. The van der Waals surface area contributed by atoms with E-state index in [9.17, 15) is 9.59 Å². The van der Waals surface area contributed by atoms with Gasteiger partial charge in [-0.05, 0) is 31.0 Å². The summed E-state index contributed by atoms with van der Waals surface area (Å²) >= 11 is 11.9. The number of amides is 1. The predicted octanol–water partition coefficient (Wildman–Crippen LogP) is 3.71. The van der Waals surface area contributed by atoms with Gasteiger partial charge in [0.25, 0.3) is 5.91 Å². The quantitative estimate of drug-likeness (QED) is 0.683. The lowest BCUT2D eigenvalue weighted by atomic mass is 10.2. The van der Waals surface area contributed by atoms with Crippen LogP contribution in [0.3, 0.4) is 0 Å². The van der Waals surface area contributed by atoms with Crippen LogP contribution in [0.25, 0.3) is 0 Å². The van der Waals surface area contributed by atoms with Crippen molar-refractivity contribution in [3.05, 3.63) is 28.2 Å². The SMILES string of the molecule is COC(=O)CCN(C(=O)COc1ccc(Cl)cc1Cl)C1CCCC1. The molecule has 0 aromatic heterocycles. The van der Waals surface area contributed by atoms with Crippen LogP contribution in [0.4, 0.5) is 0 Å². The molecule has 24 heavy (non-hydrogen) atoms. The largest absolute Gasteiger partial charge is 0.482 e. The van der Waals surface area contributed by atoms with Gasteiger partial charge >= 0.3 is 5.97 Å². The van der Waals surface area contributed by atoms with Crippen LogP contribution in [-0.2, 0) is 14.3 Å². The molecule has 1 aromatic rings. The smallest absolute Gasteiger partial charge is 0.307 e. The maximum absolute atomic E-state index is 12.6. The van der Waals surface area contributed by atoms with E-state index in [-0.39, 0.29) is 30.9 Å². The minimum absolute atomic E-state index is 0.126. The molecule has 1 fully saturated rings. The molecule has 0 bridgehead atoms. The van der Waals surface area contributed by atoms with Crippen LogP contribution in [0.15, 0.2) is 18.2 Å². The fourth-order valence-electron chi connectivity index (χ4n) is 2.86. The molecule has 7 heteroatoms. The maximum Gasteiger partial charge on any atom is 0.307 e. The molecule has 0 radical (unpaired) electrons. The van der Waals surface area contributed by atoms with Crippen molar-refractivity contribution in [2.45, 2.75) is 38.1 Å². The van der Waals surface area contributed by atoms with Crippen LogP contribution >= 0.6 is 23.2 Å². The molecule has 132 valence electrons. The Hall–Kier alpha value is -1.46. The van der Waals surface area contributed by atoms with Crippen molar-refractivity contribution in [2.24, 2.45) is 0 Å². The second kappa shape index (κ2) is 9.14. The molecular weight excluding hydrogens is 353 g/mol. The van der Waals surface area contributed by atoms with Gasteiger partial charge < -0.3 is 14.4 Å². The third-order valence-corrected chi connectivity index (χ3v) is 4.65. The number of carbonyl (C=O) groups is 2. The van der Waals surface area contributed by atoms with Crippen LogP contribution in [0.2, 0.25) is 10.0 Å². The Balaban J connectivity index is 1.96. The Labute approximate surface area is 151 Å². The van der Waals surface area contributed by atoms with Gasteiger partial charge in [0.2, 0.25) is 0 Å². The molecule has 2 rings (SSSR count). The van der Waals surface area contributed by atoms with Crippen LogP contribution in [0.5, 0.6) is 5.75 Å². The zero-order valence-electron chi connectivity index (χ0n) is 13.6. The number of halogens is 2. The third kappa shape index (κ3) is 5.28. The summed E-state index contributed by atoms with van der Waals surface area (Å²) in [6.45, 7) is 0.215. The molecule has 5 nitrogen and oxygen atoms in total. The molecule has 0 aliphatic heterocycles. The lowest BCUT2D eigenvalue weighted by molar-refractivity contribution is -0.142. The second-order valence-electron chi connectivity index (χ2n) is 5.71. The van der Waals surface area contributed by atoms with Gasteiger partial charge in [-0.1, -0.05) is 36.0 Å². The summed E-state index contributed by atoms with van der Waals surface area (Å²) in [5.41, 5.74) is 0. The molecule has 0 saturated heterocycles. The van der Waals surface area contributed by atoms with E-state index in [1.54, 1.807) is 23.1 Å². The highest BCUT2D eigenvalue weighted by atomic mass is 35.5. The van der Waals surface area contributed by atoms with Crippen LogP contribution in [-0.4, -0.2) is 43.1 Å². The number of hydrogen-bond acceptors (Lipinski definition) is 4. The molecule has 0 spiro atoms. The summed E-state index contributed by atoms with van der Waals surface area (Å²) in [5, 5.41) is 0.863. The molecule has 0 atom stereocenters. The normalized spacial score (nSPS) is 14.5. The molecule has 1 aliphatic rings. The lowest BCUT2D eigenvalue weighted by Crippen LogP contribution is -2.42. The first-order valence-corrected chi connectivity index (χ1v) is 8.71. The van der Waals surface area contributed by atoms with Crippen molar-refractivity contribution in [3.8, 4) is 5.75 Å². The number of ether oxygens (including phenoxy) is 2. The van der Waals surface area contributed by atoms with Crippen molar-refractivity contribution >= 4 is 35.1 Å². The van der Waals surface area contributed by atoms with Crippen LogP contribution < -0.4 is 4.74 Å². The average molecular weight is 374 g/mol. The topological polar surface area (TPSA) is 55.8 Å². The zero-order chi connectivity index (χ0) is 17.5. The lowest BCUT2D eigenvalue weighted by Gasteiger charge is -2.28.